The van der Waals surface area contributed by atoms with E-state index in [-0.39, 0.29) is 5.56 Å². The highest BCUT2D eigenvalue weighted by atomic mass is 16.5. The first-order valence-electron chi connectivity index (χ1n) is 6.81. The number of aromatic carboxylic acids is 1. The molecule has 0 saturated heterocycles. The van der Waals surface area contributed by atoms with E-state index in [0.717, 1.165) is 5.69 Å². The Kier molecular flexibility index (Phi) is 3.46. The number of carboxylic acid groups (broad SMARTS) is 1. The number of rotatable bonds is 4. The van der Waals surface area contributed by atoms with Crippen LogP contribution in [0.2, 0.25) is 0 Å². The van der Waals surface area contributed by atoms with E-state index in [1.807, 2.05) is 37.3 Å². The van der Waals surface area contributed by atoms with Crippen molar-refractivity contribution in [2.45, 2.75) is 13.8 Å². The van der Waals surface area contributed by atoms with Crippen molar-refractivity contribution >= 4 is 17.0 Å². The molecule has 0 bridgehead atoms. The Hall–Kier alpha value is -2.96. The zero-order valence-electron chi connectivity index (χ0n) is 12.1. The predicted octanol–water partition coefficient (Wildman–Crippen LogP) is 2.22. The fourth-order valence-corrected chi connectivity index (χ4v) is 2.33. The van der Waals surface area contributed by atoms with Crippen LogP contribution in [0.1, 0.15) is 23.0 Å². The summed E-state index contributed by atoms with van der Waals surface area (Å²) in [5.74, 6) is -0.778. The zero-order chi connectivity index (χ0) is 15.7. The molecule has 0 aliphatic carbocycles. The minimum Gasteiger partial charge on any atom is -0.478 e. The lowest BCUT2D eigenvalue weighted by molar-refractivity contribution is 0.0697. The van der Waals surface area contributed by atoms with Gasteiger partial charge in [0, 0.05) is 0 Å². The molecule has 112 valence electrons. The summed E-state index contributed by atoms with van der Waals surface area (Å²) in [5.41, 5.74) is 1.89. The summed E-state index contributed by atoms with van der Waals surface area (Å²) in [6, 6.07) is 9.23. The third kappa shape index (κ3) is 2.16. The van der Waals surface area contributed by atoms with Crippen LogP contribution in [0.3, 0.4) is 0 Å². The number of para-hydroxylation sites is 1. The van der Waals surface area contributed by atoms with Crippen LogP contribution in [0, 0.1) is 6.92 Å². The third-order valence-electron chi connectivity index (χ3n) is 3.24. The molecule has 22 heavy (non-hydrogen) atoms. The Morgan fingerprint density at radius 1 is 1.32 bits per heavy atom. The van der Waals surface area contributed by atoms with Gasteiger partial charge in [-0.1, -0.05) is 23.4 Å². The van der Waals surface area contributed by atoms with Gasteiger partial charge in [0.25, 0.3) is 0 Å². The number of carbonyl (C=O) groups is 1. The summed E-state index contributed by atoms with van der Waals surface area (Å²) < 4.78 is 6.96. The van der Waals surface area contributed by atoms with Crippen LogP contribution in [0.4, 0.5) is 0 Å². The third-order valence-corrected chi connectivity index (χ3v) is 3.24. The van der Waals surface area contributed by atoms with E-state index in [0.29, 0.717) is 29.2 Å². The normalized spacial score (nSPS) is 10.8. The first-order valence-corrected chi connectivity index (χ1v) is 6.81. The maximum absolute atomic E-state index is 11.6. The number of pyridine rings is 1. The van der Waals surface area contributed by atoms with Gasteiger partial charge in [0.05, 0.1) is 18.0 Å². The molecule has 2 heterocycles. The van der Waals surface area contributed by atoms with Gasteiger partial charge in [-0.3, -0.25) is 0 Å². The fraction of sp³-hybridized carbons (Fsp3) is 0.200. The topological polar surface area (TPSA) is 90.1 Å². The number of nitrogens with zero attached hydrogens (tertiary/aromatic N) is 4. The number of ether oxygens (including phenoxy) is 1. The molecule has 7 heteroatoms. The summed E-state index contributed by atoms with van der Waals surface area (Å²) in [5, 5.41) is 17.7. The van der Waals surface area contributed by atoms with E-state index < -0.39 is 5.97 Å². The van der Waals surface area contributed by atoms with Crippen molar-refractivity contribution in [3.05, 3.63) is 41.6 Å². The molecule has 3 rings (SSSR count). The van der Waals surface area contributed by atoms with E-state index >= 15 is 0 Å². The van der Waals surface area contributed by atoms with Crippen LogP contribution in [0.25, 0.3) is 16.7 Å². The molecule has 1 aromatic carbocycles. The minimum absolute atomic E-state index is 0.0762. The molecule has 0 radical (unpaired) electrons. The van der Waals surface area contributed by atoms with Gasteiger partial charge in [-0.25, -0.2) is 14.5 Å². The molecule has 0 aliphatic rings. The quantitative estimate of drug-likeness (QED) is 0.794. The Morgan fingerprint density at radius 3 is 2.68 bits per heavy atom. The van der Waals surface area contributed by atoms with Gasteiger partial charge in [-0.2, -0.15) is 0 Å². The Morgan fingerprint density at radius 2 is 2.05 bits per heavy atom. The standard InChI is InChI=1S/C15H14N4O3/c1-3-22-14-12-13(11(15(20)21)9(2)16-14)19(18-17-12)10-7-5-4-6-8-10/h4-8H,3H2,1-2H3,(H,20,21). The van der Waals surface area contributed by atoms with Crippen LogP contribution in [0.15, 0.2) is 30.3 Å². The van der Waals surface area contributed by atoms with Crippen molar-refractivity contribution in [1.29, 1.82) is 0 Å². The second-order valence-electron chi connectivity index (χ2n) is 4.65. The monoisotopic (exact) mass is 298 g/mol. The maximum Gasteiger partial charge on any atom is 0.339 e. The number of hydrogen-bond acceptors (Lipinski definition) is 5. The highest BCUT2D eigenvalue weighted by Gasteiger charge is 2.23. The molecular formula is C15H14N4O3. The van der Waals surface area contributed by atoms with Crippen LogP contribution >= 0.6 is 0 Å². The number of fused-ring (bicyclic) bond motifs is 1. The van der Waals surface area contributed by atoms with Crippen LogP contribution < -0.4 is 4.74 Å². The van der Waals surface area contributed by atoms with E-state index in [1.165, 1.54) is 4.68 Å². The molecule has 3 aromatic rings. The van der Waals surface area contributed by atoms with Crippen LogP contribution in [0.5, 0.6) is 5.88 Å². The summed E-state index contributed by atoms with van der Waals surface area (Å²) >= 11 is 0. The van der Waals surface area contributed by atoms with Crippen molar-refractivity contribution in [3.63, 3.8) is 0 Å². The molecule has 2 aromatic heterocycles. The fourth-order valence-electron chi connectivity index (χ4n) is 2.33. The van der Waals surface area contributed by atoms with Crippen LogP contribution in [-0.4, -0.2) is 37.7 Å². The average Bonchev–Trinajstić information content (AvgIpc) is 2.92. The molecule has 0 unspecified atom stereocenters. The van der Waals surface area contributed by atoms with E-state index in [1.54, 1.807) is 6.92 Å². The van der Waals surface area contributed by atoms with Gasteiger partial charge in [0.1, 0.15) is 11.1 Å². The highest BCUT2D eigenvalue weighted by molar-refractivity contribution is 6.03. The number of carboxylic acids is 1. The van der Waals surface area contributed by atoms with E-state index in [9.17, 15) is 9.90 Å². The van der Waals surface area contributed by atoms with Crippen molar-refractivity contribution in [3.8, 4) is 11.6 Å². The summed E-state index contributed by atoms with van der Waals surface area (Å²) in [7, 11) is 0. The maximum atomic E-state index is 11.6. The number of hydrogen-bond donors (Lipinski definition) is 1. The zero-order valence-corrected chi connectivity index (χ0v) is 12.1. The SMILES string of the molecule is CCOc1nc(C)c(C(=O)O)c2c1nnn2-c1ccccc1. The number of benzene rings is 1. The molecule has 0 atom stereocenters. The van der Waals surface area contributed by atoms with Gasteiger partial charge in [-0.15, -0.1) is 5.10 Å². The molecule has 7 nitrogen and oxygen atoms in total. The average molecular weight is 298 g/mol. The molecule has 0 spiro atoms. The summed E-state index contributed by atoms with van der Waals surface area (Å²) in [6.07, 6.45) is 0. The van der Waals surface area contributed by atoms with Gasteiger partial charge in [0.2, 0.25) is 5.88 Å². The van der Waals surface area contributed by atoms with Crippen molar-refractivity contribution in [2.75, 3.05) is 6.61 Å². The first kappa shape index (κ1) is 14.0. The van der Waals surface area contributed by atoms with Gasteiger partial charge in [0.15, 0.2) is 5.52 Å². The molecule has 0 amide bonds. The van der Waals surface area contributed by atoms with E-state index in [2.05, 4.69) is 15.3 Å². The summed E-state index contributed by atoms with van der Waals surface area (Å²) in [4.78, 5) is 15.8. The second-order valence-corrected chi connectivity index (χ2v) is 4.65. The lowest BCUT2D eigenvalue weighted by atomic mass is 10.1. The molecular weight excluding hydrogens is 284 g/mol. The lowest BCUT2D eigenvalue weighted by Gasteiger charge is -2.09. The number of aryl methyl sites for hydroxylation is 1. The van der Waals surface area contributed by atoms with Crippen molar-refractivity contribution < 1.29 is 14.6 Å². The minimum atomic E-state index is -1.07. The highest BCUT2D eigenvalue weighted by Crippen LogP contribution is 2.28. The van der Waals surface area contributed by atoms with Gasteiger partial charge >= 0.3 is 5.97 Å². The molecule has 1 N–H and O–H groups in total. The van der Waals surface area contributed by atoms with Gasteiger partial charge in [-0.05, 0) is 26.0 Å². The van der Waals surface area contributed by atoms with E-state index in [4.69, 9.17) is 4.74 Å². The van der Waals surface area contributed by atoms with Crippen LogP contribution in [-0.2, 0) is 0 Å². The number of aromatic nitrogens is 4. The smallest absolute Gasteiger partial charge is 0.339 e. The predicted molar refractivity (Wildman–Crippen MR) is 79.5 cm³/mol. The second kappa shape index (κ2) is 5.44. The summed E-state index contributed by atoms with van der Waals surface area (Å²) in [6.45, 7) is 3.87. The Balaban J connectivity index is 2.38. The van der Waals surface area contributed by atoms with Crippen molar-refractivity contribution in [2.24, 2.45) is 0 Å². The Labute approximate surface area is 126 Å². The molecule has 0 aliphatic heterocycles. The molecule has 0 saturated carbocycles. The lowest BCUT2D eigenvalue weighted by Crippen LogP contribution is -2.08. The Bertz CT molecular complexity index is 843. The van der Waals surface area contributed by atoms with Gasteiger partial charge < -0.3 is 9.84 Å². The molecule has 0 fully saturated rings. The van der Waals surface area contributed by atoms with Crippen molar-refractivity contribution in [1.82, 2.24) is 20.0 Å². The largest absolute Gasteiger partial charge is 0.478 e. The first-order chi connectivity index (χ1) is 10.6.